The van der Waals surface area contributed by atoms with E-state index in [2.05, 4.69) is 10.6 Å². The van der Waals surface area contributed by atoms with Gasteiger partial charge in [0.25, 0.3) is 11.8 Å². The van der Waals surface area contributed by atoms with Crippen LogP contribution < -0.4 is 10.6 Å². The summed E-state index contributed by atoms with van der Waals surface area (Å²) in [6.45, 7) is 10.6. The summed E-state index contributed by atoms with van der Waals surface area (Å²) in [5.41, 5.74) is 0.360. The molecule has 24 nitrogen and oxygen atoms in total. The van der Waals surface area contributed by atoms with Gasteiger partial charge in [0, 0.05) is 32.3 Å². The maximum atomic E-state index is 13.2. The first kappa shape index (κ1) is 62.7. The zero-order chi connectivity index (χ0) is 52.4. The molecule has 1 fully saturated rings. The molecule has 0 aromatic heterocycles. The van der Waals surface area contributed by atoms with E-state index >= 15 is 0 Å². The number of carbonyl (C=O) groups is 7. The standard InChI is InChI=1S/C49H77N3O21/c53-42(50-40-8-6-7-39-46(40)49(60)52(48(39)59)41-12-13-43(54)51-47(41)58)9-2-1-5-14-61-15-16-62-17-18-63-19-20-64-21-22-65-23-24-66-25-26-67-27-28-68-29-30-69-31-32-70-33-34-71-35-36-72-37-38-73-45(57)11-4-3-10-44(55)56/h6-8,41H,1-5,9-38H2,(H,50,53)(H,55,56)(H,51,54,58). The van der Waals surface area contributed by atoms with Crippen LogP contribution in [0.2, 0.25) is 0 Å². The highest BCUT2D eigenvalue weighted by molar-refractivity contribution is 6.26. The van der Waals surface area contributed by atoms with E-state index in [1.165, 1.54) is 6.07 Å². The van der Waals surface area contributed by atoms with Gasteiger partial charge in [-0.3, -0.25) is 43.8 Å². The second kappa shape index (κ2) is 41.7. The molecule has 1 atom stereocenters. The number of carboxylic acids is 1. The van der Waals surface area contributed by atoms with Crippen molar-refractivity contribution in [2.24, 2.45) is 0 Å². The van der Waals surface area contributed by atoms with E-state index in [1.54, 1.807) is 12.1 Å². The van der Waals surface area contributed by atoms with Crippen LogP contribution in [0.1, 0.15) is 84.9 Å². The van der Waals surface area contributed by atoms with E-state index in [9.17, 15) is 33.6 Å². The number of hydrogen-bond acceptors (Lipinski definition) is 20. The number of anilines is 1. The van der Waals surface area contributed by atoms with Gasteiger partial charge in [-0.1, -0.05) is 12.5 Å². The number of rotatable bonds is 49. The van der Waals surface area contributed by atoms with E-state index in [0.717, 1.165) is 17.7 Å². The Balaban J connectivity index is 0.941. The number of esters is 1. The Morgan fingerprint density at radius 2 is 0.918 bits per heavy atom. The van der Waals surface area contributed by atoms with Crippen LogP contribution in [0.15, 0.2) is 18.2 Å². The van der Waals surface area contributed by atoms with Crippen molar-refractivity contribution >= 4 is 47.2 Å². The predicted molar refractivity (Wildman–Crippen MR) is 257 cm³/mol. The number of imide groups is 2. The van der Waals surface area contributed by atoms with Crippen molar-refractivity contribution in [3.63, 3.8) is 0 Å². The van der Waals surface area contributed by atoms with Crippen molar-refractivity contribution in [1.82, 2.24) is 10.2 Å². The summed E-state index contributed by atoms with van der Waals surface area (Å²) < 4.78 is 70.8. The van der Waals surface area contributed by atoms with Crippen molar-refractivity contribution in [2.75, 3.05) is 170 Å². The Morgan fingerprint density at radius 3 is 1.36 bits per heavy atom. The normalized spacial score (nSPS) is 14.5. The van der Waals surface area contributed by atoms with Gasteiger partial charge in [-0.2, -0.15) is 0 Å². The number of aliphatic carboxylic acids is 1. The Bertz CT molecular complexity index is 1740. The molecule has 2 heterocycles. The van der Waals surface area contributed by atoms with Gasteiger partial charge in [0.05, 0.1) is 169 Å². The minimum absolute atomic E-state index is 0.0214. The smallest absolute Gasteiger partial charge is 0.305 e. The first-order valence-corrected chi connectivity index (χ1v) is 25.1. The van der Waals surface area contributed by atoms with Gasteiger partial charge in [-0.25, -0.2) is 0 Å². The molecule has 3 rings (SSSR count). The second-order valence-corrected chi connectivity index (χ2v) is 16.2. The number of benzene rings is 1. The number of unbranched alkanes of at least 4 members (excludes halogenated alkanes) is 3. The quantitative estimate of drug-likeness (QED) is 0.0478. The maximum absolute atomic E-state index is 13.2. The van der Waals surface area contributed by atoms with E-state index in [0.29, 0.717) is 171 Å². The highest BCUT2D eigenvalue weighted by Gasteiger charge is 2.45. The number of piperidine rings is 1. The summed E-state index contributed by atoms with van der Waals surface area (Å²) in [6, 6.07) is 3.51. The molecule has 0 saturated carbocycles. The molecule has 1 aromatic rings. The van der Waals surface area contributed by atoms with Gasteiger partial charge < -0.3 is 72.0 Å². The van der Waals surface area contributed by atoms with Gasteiger partial charge >= 0.3 is 11.9 Å². The van der Waals surface area contributed by atoms with E-state index in [1.807, 2.05) is 0 Å². The molecule has 73 heavy (non-hydrogen) atoms. The number of nitrogens with zero attached hydrogens (tertiary/aromatic N) is 1. The number of carboxylic acid groups (broad SMARTS) is 1. The largest absolute Gasteiger partial charge is 0.481 e. The molecular weight excluding hydrogens is 967 g/mol. The molecule has 2 aliphatic heterocycles. The number of hydrogen-bond donors (Lipinski definition) is 3. The van der Waals surface area contributed by atoms with Crippen LogP contribution in [0.3, 0.4) is 0 Å². The molecule has 0 radical (unpaired) electrons. The minimum Gasteiger partial charge on any atom is -0.481 e. The third kappa shape index (κ3) is 29.8. The number of nitrogens with one attached hydrogen (secondary N) is 2. The summed E-state index contributed by atoms with van der Waals surface area (Å²) >= 11 is 0. The van der Waals surface area contributed by atoms with Crippen molar-refractivity contribution in [2.45, 2.75) is 70.3 Å². The molecule has 0 spiro atoms. The topological polar surface area (TPSA) is 287 Å². The maximum Gasteiger partial charge on any atom is 0.305 e. The summed E-state index contributed by atoms with van der Waals surface area (Å²) in [5, 5.41) is 13.5. The molecule has 1 unspecified atom stereocenters. The van der Waals surface area contributed by atoms with Gasteiger partial charge in [-0.05, 0) is 44.2 Å². The fourth-order valence-corrected chi connectivity index (χ4v) is 6.85. The van der Waals surface area contributed by atoms with Crippen LogP contribution in [0, 0.1) is 0 Å². The summed E-state index contributed by atoms with van der Waals surface area (Å²) in [7, 11) is 0. The summed E-state index contributed by atoms with van der Waals surface area (Å²) in [4.78, 5) is 85.6. The predicted octanol–water partition coefficient (Wildman–Crippen LogP) is 1.97. The SMILES string of the molecule is O=C(O)CCCCC(=O)OCCOCCOCCOCCOCCOCCOCCOCCOCCOCCOCCOCCOCCCCCC(=O)Nc1cccc2c1C(=O)N(C1CCC(=O)NC1=O)C2=O. The third-order valence-corrected chi connectivity index (χ3v) is 10.5. The molecule has 1 saturated heterocycles. The lowest BCUT2D eigenvalue weighted by atomic mass is 10.0. The average Bonchev–Trinajstić information content (AvgIpc) is 3.62. The number of carbonyl (C=O) groups excluding carboxylic acids is 6. The lowest BCUT2D eigenvalue weighted by Gasteiger charge is -2.27. The van der Waals surface area contributed by atoms with Crippen LogP contribution in [-0.4, -0.2) is 223 Å². The van der Waals surface area contributed by atoms with Crippen LogP contribution in [0.4, 0.5) is 5.69 Å². The van der Waals surface area contributed by atoms with Gasteiger partial charge in [-0.15, -0.1) is 0 Å². The zero-order valence-corrected chi connectivity index (χ0v) is 42.1. The van der Waals surface area contributed by atoms with Gasteiger partial charge in [0.15, 0.2) is 0 Å². The zero-order valence-electron chi connectivity index (χ0n) is 42.1. The molecule has 5 amide bonds. The van der Waals surface area contributed by atoms with E-state index in [4.69, 9.17) is 66.7 Å². The van der Waals surface area contributed by atoms with E-state index in [-0.39, 0.29) is 74.0 Å². The van der Waals surface area contributed by atoms with Crippen LogP contribution in [0.5, 0.6) is 0 Å². The lowest BCUT2D eigenvalue weighted by Crippen LogP contribution is -2.54. The molecule has 3 N–H and O–H groups in total. The summed E-state index contributed by atoms with van der Waals surface area (Å²) in [5.74, 6) is -3.98. The average molecular weight is 1040 g/mol. The highest BCUT2D eigenvalue weighted by atomic mass is 16.6. The Morgan fingerprint density at radius 1 is 0.507 bits per heavy atom. The lowest BCUT2D eigenvalue weighted by molar-refractivity contribution is -0.146. The van der Waals surface area contributed by atoms with Crippen molar-refractivity contribution < 1.29 is 100 Å². The van der Waals surface area contributed by atoms with Gasteiger partial charge in [0.2, 0.25) is 17.7 Å². The summed E-state index contributed by atoms with van der Waals surface area (Å²) in [6.07, 6.45) is 3.58. The third-order valence-electron chi connectivity index (χ3n) is 10.5. The monoisotopic (exact) mass is 1040 g/mol. The van der Waals surface area contributed by atoms with Crippen LogP contribution >= 0.6 is 0 Å². The molecule has 2 aliphatic rings. The van der Waals surface area contributed by atoms with Crippen LogP contribution in [0.25, 0.3) is 0 Å². The molecule has 1 aromatic carbocycles. The fraction of sp³-hybridized carbons (Fsp3) is 0.735. The Hall–Kier alpha value is -4.57. The minimum atomic E-state index is -1.08. The van der Waals surface area contributed by atoms with Crippen LogP contribution in [-0.2, 0) is 85.6 Å². The molecule has 0 bridgehead atoms. The molecule has 0 aliphatic carbocycles. The Labute approximate surface area is 426 Å². The van der Waals surface area contributed by atoms with E-state index < -0.39 is 35.6 Å². The number of amides is 5. The molecule has 414 valence electrons. The van der Waals surface area contributed by atoms with Crippen molar-refractivity contribution in [3.8, 4) is 0 Å². The second-order valence-electron chi connectivity index (χ2n) is 16.2. The fourth-order valence-electron chi connectivity index (χ4n) is 6.85. The molecular formula is C49H77N3O21. The number of fused-ring (bicyclic) bond motifs is 1. The highest BCUT2D eigenvalue weighted by Crippen LogP contribution is 2.32. The number of ether oxygens (including phenoxy) is 13. The first-order chi connectivity index (χ1) is 35.7. The van der Waals surface area contributed by atoms with Gasteiger partial charge in [0.1, 0.15) is 12.6 Å². The first-order valence-electron chi connectivity index (χ1n) is 25.1. The van der Waals surface area contributed by atoms with Crippen molar-refractivity contribution in [1.29, 1.82) is 0 Å². The Kier molecular flexibility index (Phi) is 35.9. The van der Waals surface area contributed by atoms with Crippen molar-refractivity contribution in [3.05, 3.63) is 29.3 Å². The molecule has 24 heteroatoms.